The average molecular weight is 308 g/mol. The summed E-state index contributed by atoms with van der Waals surface area (Å²) in [7, 11) is 4.29. The molecule has 0 spiro atoms. The van der Waals surface area contributed by atoms with Crippen molar-refractivity contribution >= 4 is 22.6 Å². The number of hydrogen-bond acceptors (Lipinski definition) is 4. The quantitative estimate of drug-likeness (QED) is 0.926. The SMILES string of the molecule is CN1CCCN(C)C(C(N)c2cc3cccc(Cl)c3o2)C1. The van der Waals surface area contributed by atoms with Crippen LogP contribution in [0.25, 0.3) is 11.0 Å². The van der Waals surface area contributed by atoms with Gasteiger partial charge in [-0.05, 0) is 45.7 Å². The number of hydrogen-bond donors (Lipinski definition) is 1. The summed E-state index contributed by atoms with van der Waals surface area (Å²) in [5.74, 6) is 0.810. The summed E-state index contributed by atoms with van der Waals surface area (Å²) < 4.78 is 5.94. The summed E-state index contributed by atoms with van der Waals surface area (Å²) in [5, 5.41) is 1.65. The van der Waals surface area contributed by atoms with Crippen LogP contribution in [0.4, 0.5) is 0 Å². The molecule has 2 atom stereocenters. The van der Waals surface area contributed by atoms with Gasteiger partial charge in [0.25, 0.3) is 0 Å². The Morgan fingerprint density at radius 1 is 1.33 bits per heavy atom. The normalized spacial score (nSPS) is 23.3. The summed E-state index contributed by atoms with van der Waals surface area (Å²) >= 11 is 6.19. The van der Waals surface area contributed by atoms with E-state index in [0.29, 0.717) is 5.02 Å². The van der Waals surface area contributed by atoms with Gasteiger partial charge in [-0.2, -0.15) is 0 Å². The molecule has 1 fully saturated rings. The van der Waals surface area contributed by atoms with E-state index >= 15 is 0 Å². The van der Waals surface area contributed by atoms with Gasteiger partial charge in [-0.3, -0.25) is 0 Å². The lowest BCUT2D eigenvalue weighted by Gasteiger charge is -2.31. The first kappa shape index (κ1) is 14.9. The van der Waals surface area contributed by atoms with Gasteiger partial charge < -0.3 is 20.0 Å². The molecule has 0 aliphatic carbocycles. The Morgan fingerprint density at radius 2 is 2.14 bits per heavy atom. The van der Waals surface area contributed by atoms with Gasteiger partial charge in [0.15, 0.2) is 5.58 Å². The van der Waals surface area contributed by atoms with Crippen molar-refractivity contribution in [1.29, 1.82) is 0 Å². The fraction of sp³-hybridized carbons (Fsp3) is 0.500. The lowest BCUT2D eigenvalue weighted by Crippen LogP contribution is -2.45. The number of fused-ring (bicyclic) bond motifs is 1. The third kappa shape index (κ3) is 2.94. The molecule has 1 aliphatic heterocycles. The summed E-state index contributed by atoms with van der Waals surface area (Å²) in [4.78, 5) is 4.67. The molecule has 2 aromatic rings. The predicted molar refractivity (Wildman–Crippen MR) is 86.7 cm³/mol. The van der Waals surface area contributed by atoms with E-state index in [9.17, 15) is 0 Å². The Hall–Kier alpha value is -1.07. The van der Waals surface area contributed by atoms with E-state index in [1.54, 1.807) is 0 Å². The van der Waals surface area contributed by atoms with Crippen LogP contribution in [0.15, 0.2) is 28.7 Å². The number of nitrogens with two attached hydrogens (primary N) is 1. The Bertz CT molecular complexity index is 627. The van der Waals surface area contributed by atoms with Crippen LogP contribution in [0.2, 0.25) is 5.02 Å². The molecule has 0 bridgehead atoms. The first-order chi connectivity index (χ1) is 10.1. The molecule has 1 aromatic heterocycles. The van der Waals surface area contributed by atoms with Crippen LogP contribution in [0.3, 0.4) is 0 Å². The molecule has 3 rings (SSSR count). The third-order valence-electron chi connectivity index (χ3n) is 4.37. The molecule has 114 valence electrons. The third-order valence-corrected chi connectivity index (χ3v) is 4.67. The number of likely N-dealkylation sites (N-methyl/N-ethyl adjacent to an activating group) is 2. The number of furan rings is 1. The molecular weight excluding hydrogens is 286 g/mol. The second-order valence-electron chi connectivity index (χ2n) is 6.00. The molecule has 0 saturated carbocycles. The van der Waals surface area contributed by atoms with E-state index in [1.807, 2.05) is 24.3 Å². The highest BCUT2D eigenvalue weighted by molar-refractivity contribution is 6.34. The highest BCUT2D eigenvalue weighted by Crippen LogP contribution is 2.31. The number of para-hydroxylation sites is 1. The van der Waals surface area contributed by atoms with Crippen LogP contribution in [0.5, 0.6) is 0 Å². The monoisotopic (exact) mass is 307 g/mol. The van der Waals surface area contributed by atoms with Gasteiger partial charge in [0.2, 0.25) is 0 Å². The minimum Gasteiger partial charge on any atom is -0.458 e. The molecular formula is C16H22ClN3O. The molecule has 2 heterocycles. The van der Waals surface area contributed by atoms with Gasteiger partial charge in [0, 0.05) is 18.0 Å². The number of nitrogens with zero attached hydrogens (tertiary/aromatic N) is 2. The zero-order valence-electron chi connectivity index (χ0n) is 12.6. The van der Waals surface area contributed by atoms with Crippen LogP contribution >= 0.6 is 11.6 Å². The van der Waals surface area contributed by atoms with Crippen LogP contribution < -0.4 is 5.73 Å². The molecule has 5 heteroatoms. The Balaban J connectivity index is 1.91. The van der Waals surface area contributed by atoms with Crippen molar-refractivity contribution in [2.45, 2.75) is 18.5 Å². The molecule has 1 aliphatic rings. The Labute approximate surface area is 130 Å². The molecule has 1 saturated heterocycles. The van der Waals surface area contributed by atoms with Gasteiger partial charge in [0.05, 0.1) is 11.1 Å². The Kier molecular flexibility index (Phi) is 4.22. The van der Waals surface area contributed by atoms with Gasteiger partial charge in [-0.25, -0.2) is 0 Å². The van der Waals surface area contributed by atoms with E-state index in [1.165, 1.54) is 6.42 Å². The Morgan fingerprint density at radius 3 is 2.90 bits per heavy atom. The maximum Gasteiger partial charge on any atom is 0.152 e. The standard InChI is InChI=1S/C16H22ClN3O/c1-19-7-4-8-20(2)13(10-19)15(18)14-9-11-5-3-6-12(17)16(11)21-14/h3,5-6,9,13,15H,4,7-8,10,18H2,1-2H3. The van der Waals surface area contributed by atoms with Crippen LogP contribution in [0.1, 0.15) is 18.2 Å². The first-order valence-corrected chi connectivity index (χ1v) is 7.76. The molecule has 2 unspecified atom stereocenters. The zero-order valence-corrected chi connectivity index (χ0v) is 13.3. The fourth-order valence-electron chi connectivity index (χ4n) is 3.09. The molecule has 0 radical (unpaired) electrons. The van der Waals surface area contributed by atoms with Crippen molar-refractivity contribution in [2.75, 3.05) is 33.7 Å². The smallest absolute Gasteiger partial charge is 0.152 e. The van der Waals surface area contributed by atoms with Crippen molar-refractivity contribution in [3.8, 4) is 0 Å². The molecule has 2 N–H and O–H groups in total. The summed E-state index contributed by atoms with van der Waals surface area (Å²) in [6.45, 7) is 3.12. The summed E-state index contributed by atoms with van der Waals surface area (Å²) in [6, 6.07) is 7.89. The van der Waals surface area contributed by atoms with Crippen LogP contribution in [0, 0.1) is 0 Å². The van der Waals surface area contributed by atoms with Gasteiger partial charge in [0.1, 0.15) is 5.76 Å². The van der Waals surface area contributed by atoms with Crippen molar-refractivity contribution in [3.63, 3.8) is 0 Å². The first-order valence-electron chi connectivity index (χ1n) is 7.38. The van der Waals surface area contributed by atoms with Gasteiger partial charge in [-0.1, -0.05) is 23.7 Å². The minimum atomic E-state index is -0.154. The summed E-state index contributed by atoms with van der Waals surface area (Å²) in [6.07, 6.45) is 1.17. The van der Waals surface area contributed by atoms with Crippen molar-refractivity contribution in [2.24, 2.45) is 5.73 Å². The molecule has 4 nitrogen and oxygen atoms in total. The van der Waals surface area contributed by atoms with E-state index < -0.39 is 0 Å². The fourth-order valence-corrected chi connectivity index (χ4v) is 3.32. The highest BCUT2D eigenvalue weighted by atomic mass is 35.5. The molecule has 0 amide bonds. The topological polar surface area (TPSA) is 45.6 Å². The van der Waals surface area contributed by atoms with Crippen molar-refractivity contribution in [3.05, 3.63) is 35.0 Å². The van der Waals surface area contributed by atoms with Crippen LogP contribution in [-0.4, -0.2) is 49.6 Å². The predicted octanol–water partition coefficient (Wildman–Crippen LogP) is 2.72. The van der Waals surface area contributed by atoms with Gasteiger partial charge >= 0.3 is 0 Å². The second-order valence-corrected chi connectivity index (χ2v) is 6.40. The zero-order chi connectivity index (χ0) is 15.0. The summed E-state index contributed by atoms with van der Waals surface area (Å²) in [5.41, 5.74) is 7.23. The molecule has 21 heavy (non-hydrogen) atoms. The number of halogens is 1. The largest absolute Gasteiger partial charge is 0.458 e. The van der Waals surface area contributed by atoms with E-state index in [2.05, 4.69) is 23.9 Å². The highest BCUT2D eigenvalue weighted by Gasteiger charge is 2.29. The number of benzene rings is 1. The second kappa shape index (κ2) is 5.97. The lowest BCUT2D eigenvalue weighted by atomic mass is 10.0. The van der Waals surface area contributed by atoms with Crippen LogP contribution in [-0.2, 0) is 0 Å². The van der Waals surface area contributed by atoms with Crippen molar-refractivity contribution < 1.29 is 4.42 Å². The maximum absolute atomic E-state index is 6.50. The maximum atomic E-state index is 6.50. The number of rotatable bonds is 2. The average Bonchev–Trinajstić information content (AvgIpc) is 2.82. The van der Waals surface area contributed by atoms with E-state index in [0.717, 1.165) is 36.4 Å². The molecule has 1 aromatic carbocycles. The van der Waals surface area contributed by atoms with Gasteiger partial charge in [-0.15, -0.1) is 0 Å². The van der Waals surface area contributed by atoms with Crippen molar-refractivity contribution in [1.82, 2.24) is 9.80 Å². The lowest BCUT2D eigenvalue weighted by molar-refractivity contribution is 0.186. The van der Waals surface area contributed by atoms with E-state index in [-0.39, 0.29) is 12.1 Å². The van der Waals surface area contributed by atoms with E-state index in [4.69, 9.17) is 21.8 Å². The minimum absolute atomic E-state index is 0.154.